The molecule has 0 aliphatic carbocycles. The second kappa shape index (κ2) is 8.13. The molecule has 6 atom stereocenters. The van der Waals surface area contributed by atoms with E-state index in [2.05, 4.69) is 55.4 Å². The molecule has 0 N–H and O–H groups in total. The van der Waals surface area contributed by atoms with Crippen molar-refractivity contribution in [3.8, 4) is 0 Å². The van der Waals surface area contributed by atoms with E-state index in [1.54, 1.807) is 0 Å². The molecule has 0 aliphatic rings. The quantitative estimate of drug-likeness (QED) is 0.572. The zero-order valence-corrected chi connectivity index (χ0v) is 13.3. The summed E-state index contributed by atoms with van der Waals surface area (Å²) in [6.07, 6.45) is 3.21. The van der Waals surface area contributed by atoms with Gasteiger partial charge in [-0.2, -0.15) is 0 Å². The Labute approximate surface area is 109 Å². The smallest absolute Gasteiger partial charge is 0.0578 e. The highest BCUT2D eigenvalue weighted by atomic mass is 16.5. The summed E-state index contributed by atoms with van der Waals surface area (Å²) in [5.74, 6) is 2.78. The van der Waals surface area contributed by atoms with Crippen LogP contribution in [0.2, 0.25) is 0 Å². The first kappa shape index (κ1) is 17.0. The van der Waals surface area contributed by atoms with Gasteiger partial charge in [-0.25, -0.2) is 0 Å². The highest BCUT2D eigenvalue weighted by Crippen LogP contribution is 2.26. The summed E-state index contributed by atoms with van der Waals surface area (Å²) in [5.41, 5.74) is 0. The third-order valence-corrected chi connectivity index (χ3v) is 4.99. The summed E-state index contributed by atoms with van der Waals surface area (Å²) in [7, 11) is 0. The van der Waals surface area contributed by atoms with Gasteiger partial charge in [-0.3, -0.25) is 0 Å². The summed E-state index contributed by atoms with van der Waals surface area (Å²) in [6, 6.07) is 0. The van der Waals surface area contributed by atoms with Crippen LogP contribution in [0.25, 0.3) is 0 Å². The first-order chi connectivity index (χ1) is 7.84. The zero-order chi connectivity index (χ0) is 13.6. The van der Waals surface area contributed by atoms with E-state index in [4.69, 9.17) is 4.74 Å². The molecule has 0 aromatic carbocycles. The molecule has 0 saturated carbocycles. The molecule has 0 spiro atoms. The van der Waals surface area contributed by atoms with Gasteiger partial charge in [-0.1, -0.05) is 54.4 Å². The molecule has 1 heteroatoms. The van der Waals surface area contributed by atoms with E-state index in [1.165, 1.54) is 12.8 Å². The molecule has 0 rings (SSSR count). The van der Waals surface area contributed by atoms with Crippen molar-refractivity contribution in [2.24, 2.45) is 23.7 Å². The van der Waals surface area contributed by atoms with Crippen molar-refractivity contribution in [3.63, 3.8) is 0 Å². The minimum Gasteiger partial charge on any atom is -0.375 e. The molecule has 0 bridgehead atoms. The predicted octanol–water partition coefficient (Wildman–Crippen LogP) is 5.14. The third kappa shape index (κ3) is 5.42. The largest absolute Gasteiger partial charge is 0.375 e. The minimum absolute atomic E-state index is 0.367. The lowest BCUT2D eigenvalue weighted by Crippen LogP contribution is -2.32. The van der Waals surface area contributed by atoms with E-state index < -0.39 is 0 Å². The first-order valence-electron chi connectivity index (χ1n) is 7.50. The van der Waals surface area contributed by atoms with Gasteiger partial charge in [-0.05, 0) is 37.5 Å². The molecule has 0 aliphatic heterocycles. The highest BCUT2D eigenvalue weighted by molar-refractivity contribution is 4.72. The average molecular weight is 242 g/mol. The molecule has 0 fully saturated rings. The van der Waals surface area contributed by atoms with E-state index in [1.807, 2.05) is 0 Å². The summed E-state index contributed by atoms with van der Waals surface area (Å²) >= 11 is 0. The zero-order valence-electron chi connectivity index (χ0n) is 13.3. The third-order valence-electron chi connectivity index (χ3n) is 4.99. The van der Waals surface area contributed by atoms with Crippen molar-refractivity contribution in [2.45, 2.75) is 80.4 Å². The normalized spacial score (nSPS) is 22.6. The minimum atomic E-state index is 0.367. The Hall–Kier alpha value is -0.0400. The molecule has 104 valence electrons. The lowest BCUT2D eigenvalue weighted by molar-refractivity contribution is -0.0633. The SMILES string of the molecule is CCC(C)C(C)C(C)OC(C)C(C)C(C)CC. The predicted molar refractivity (Wildman–Crippen MR) is 77.2 cm³/mol. The Bertz CT molecular complexity index is 170. The van der Waals surface area contributed by atoms with Crippen molar-refractivity contribution in [3.05, 3.63) is 0 Å². The summed E-state index contributed by atoms with van der Waals surface area (Å²) < 4.78 is 6.22. The molecule has 0 saturated heterocycles. The number of ether oxygens (including phenoxy) is 1. The number of hydrogen-bond donors (Lipinski definition) is 0. The lowest BCUT2D eigenvalue weighted by atomic mass is 9.87. The van der Waals surface area contributed by atoms with Crippen molar-refractivity contribution in [1.82, 2.24) is 0 Å². The van der Waals surface area contributed by atoms with Crippen molar-refractivity contribution in [2.75, 3.05) is 0 Å². The van der Waals surface area contributed by atoms with Crippen LogP contribution in [0.1, 0.15) is 68.2 Å². The van der Waals surface area contributed by atoms with Gasteiger partial charge in [0.2, 0.25) is 0 Å². The summed E-state index contributed by atoms with van der Waals surface area (Å²) in [6.45, 7) is 18.3. The lowest BCUT2D eigenvalue weighted by Gasteiger charge is -2.32. The van der Waals surface area contributed by atoms with Gasteiger partial charge < -0.3 is 4.74 Å². The summed E-state index contributed by atoms with van der Waals surface area (Å²) in [5, 5.41) is 0. The van der Waals surface area contributed by atoms with Crippen LogP contribution < -0.4 is 0 Å². The van der Waals surface area contributed by atoms with Crippen LogP contribution in [-0.4, -0.2) is 12.2 Å². The van der Waals surface area contributed by atoms with E-state index in [0.717, 1.165) is 11.8 Å². The van der Waals surface area contributed by atoms with E-state index >= 15 is 0 Å². The first-order valence-corrected chi connectivity index (χ1v) is 7.50. The molecule has 0 heterocycles. The topological polar surface area (TPSA) is 9.23 Å². The highest BCUT2D eigenvalue weighted by Gasteiger charge is 2.24. The molecular formula is C16H34O. The van der Waals surface area contributed by atoms with E-state index in [0.29, 0.717) is 24.0 Å². The fraction of sp³-hybridized carbons (Fsp3) is 1.00. The number of rotatable bonds is 8. The van der Waals surface area contributed by atoms with E-state index in [9.17, 15) is 0 Å². The second-order valence-corrected chi connectivity index (χ2v) is 6.04. The molecular weight excluding hydrogens is 208 g/mol. The van der Waals surface area contributed by atoms with Crippen LogP contribution in [0.5, 0.6) is 0 Å². The molecule has 6 unspecified atom stereocenters. The average Bonchev–Trinajstić information content (AvgIpc) is 2.34. The maximum Gasteiger partial charge on any atom is 0.0578 e. The van der Waals surface area contributed by atoms with Crippen LogP contribution in [0.4, 0.5) is 0 Å². The monoisotopic (exact) mass is 242 g/mol. The van der Waals surface area contributed by atoms with E-state index in [-0.39, 0.29) is 0 Å². The Morgan fingerprint density at radius 2 is 0.941 bits per heavy atom. The van der Waals surface area contributed by atoms with Gasteiger partial charge in [-0.15, -0.1) is 0 Å². The Morgan fingerprint density at radius 1 is 0.647 bits per heavy atom. The standard InChI is InChI=1S/C16H34O/c1-9-11(3)13(5)15(7)17-16(8)14(6)12(4)10-2/h11-16H,9-10H2,1-8H3. The van der Waals surface area contributed by atoms with Gasteiger partial charge in [0.1, 0.15) is 0 Å². The van der Waals surface area contributed by atoms with Crippen LogP contribution in [0.3, 0.4) is 0 Å². The molecule has 1 nitrogen and oxygen atoms in total. The number of hydrogen-bond acceptors (Lipinski definition) is 1. The van der Waals surface area contributed by atoms with Gasteiger partial charge >= 0.3 is 0 Å². The molecule has 0 aromatic rings. The van der Waals surface area contributed by atoms with Crippen LogP contribution in [0, 0.1) is 23.7 Å². The van der Waals surface area contributed by atoms with Crippen molar-refractivity contribution < 1.29 is 4.74 Å². The van der Waals surface area contributed by atoms with Crippen LogP contribution in [0.15, 0.2) is 0 Å². The Morgan fingerprint density at radius 3 is 1.18 bits per heavy atom. The van der Waals surface area contributed by atoms with Gasteiger partial charge in [0.05, 0.1) is 12.2 Å². The fourth-order valence-electron chi connectivity index (χ4n) is 2.26. The molecule has 0 amide bonds. The van der Waals surface area contributed by atoms with Crippen LogP contribution >= 0.6 is 0 Å². The van der Waals surface area contributed by atoms with Gasteiger partial charge in [0.15, 0.2) is 0 Å². The Balaban J connectivity index is 4.23. The van der Waals surface area contributed by atoms with Gasteiger partial charge in [0, 0.05) is 0 Å². The molecule has 17 heavy (non-hydrogen) atoms. The fourth-order valence-corrected chi connectivity index (χ4v) is 2.26. The summed E-state index contributed by atoms with van der Waals surface area (Å²) in [4.78, 5) is 0. The van der Waals surface area contributed by atoms with Gasteiger partial charge in [0.25, 0.3) is 0 Å². The van der Waals surface area contributed by atoms with Crippen molar-refractivity contribution in [1.29, 1.82) is 0 Å². The van der Waals surface area contributed by atoms with Crippen LogP contribution in [-0.2, 0) is 4.74 Å². The molecule has 0 radical (unpaired) electrons. The maximum atomic E-state index is 6.22. The Kier molecular flexibility index (Phi) is 8.11. The maximum absolute atomic E-state index is 6.22. The second-order valence-electron chi connectivity index (χ2n) is 6.04. The molecule has 0 aromatic heterocycles. The van der Waals surface area contributed by atoms with Crippen molar-refractivity contribution >= 4 is 0 Å².